The lowest BCUT2D eigenvalue weighted by molar-refractivity contribution is -0.119. The van der Waals surface area contributed by atoms with Crippen LogP contribution in [-0.2, 0) is 4.79 Å². The van der Waals surface area contributed by atoms with Crippen LogP contribution in [0.5, 0.6) is 0 Å². The highest BCUT2D eigenvalue weighted by atomic mass is 16.1. The van der Waals surface area contributed by atoms with Crippen LogP contribution in [0.3, 0.4) is 0 Å². The average molecular weight is 239 g/mol. The highest BCUT2D eigenvalue weighted by Crippen LogP contribution is 2.16. The molecule has 1 aliphatic heterocycles. The number of hydrogen-bond acceptors (Lipinski definition) is 2. The third-order valence-corrected chi connectivity index (χ3v) is 2.67. The van der Waals surface area contributed by atoms with Crippen LogP contribution in [0.2, 0.25) is 0 Å². The van der Waals surface area contributed by atoms with Gasteiger partial charge in [0.05, 0.1) is 0 Å². The van der Waals surface area contributed by atoms with Crippen molar-refractivity contribution in [2.24, 2.45) is 11.8 Å². The summed E-state index contributed by atoms with van der Waals surface area (Å²) >= 11 is 0. The number of rotatable bonds is 3. The van der Waals surface area contributed by atoms with Gasteiger partial charge in [0.1, 0.15) is 0 Å². The molecule has 2 nitrogen and oxygen atoms in total. The Morgan fingerprint density at radius 1 is 1.41 bits per heavy atom. The molecule has 0 amide bonds. The Kier molecular flexibility index (Phi) is 9.06. The Labute approximate surface area is 107 Å². The number of ketones is 1. The fourth-order valence-electron chi connectivity index (χ4n) is 1.82. The van der Waals surface area contributed by atoms with Crippen LogP contribution < -0.4 is 0 Å². The van der Waals surface area contributed by atoms with Crippen molar-refractivity contribution in [3.8, 4) is 0 Å². The standard InChI is InChI=1S/C12H21NO.C3H8/c1-10(2)6-7-12(14)11-5-4-8-13(3)9-11;1-3-2/h6-7,10-11H,4-5,8-9H2,1-3H3;3H2,1-2H3/b7-6+;. The summed E-state index contributed by atoms with van der Waals surface area (Å²) in [6.07, 6.45) is 7.24. The quantitative estimate of drug-likeness (QED) is 0.702. The van der Waals surface area contributed by atoms with Crippen LogP contribution in [-0.4, -0.2) is 30.8 Å². The van der Waals surface area contributed by atoms with Crippen molar-refractivity contribution in [2.75, 3.05) is 20.1 Å². The minimum atomic E-state index is 0.240. The Hall–Kier alpha value is -0.630. The van der Waals surface area contributed by atoms with Gasteiger partial charge in [-0.2, -0.15) is 0 Å². The number of nitrogens with zero attached hydrogens (tertiary/aromatic N) is 1. The molecule has 0 saturated carbocycles. The van der Waals surface area contributed by atoms with Crippen LogP contribution >= 0.6 is 0 Å². The molecular weight excluding hydrogens is 210 g/mol. The maximum Gasteiger partial charge on any atom is 0.159 e. The van der Waals surface area contributed by atoms with E-state index in [-0.39, 0.29) is 5.92 Å². The molecule has 0 aromatic rings. The van der Waals surface area contributed by atoms with E-state index >= 15 is 0 Å². The molecule has 1 heterocycles. The predicted octanol–water partition coefficient (Wildman–Crippen LogP) is 3.53. The first-order valence-corrected chi connectivity index (χ1v) is 6.91. The summed E-state index contributed by atoms with van der Waals surface area (Å²) in [5.41, 5.74) is 0. The van der Waals surface area contributed by atoms with E-state index in [0.717, 1.165) is 25.9 Å². The summed E-state index contributed by atoms with van der Waals surface area (Å²) in [6, 6.07) is 0. The number of likely N-dealkylation sites (tertiary alicyclic amines) is 1. The second-order valence-electron chi connectivity index (χ2n) is 5.31. The molecule has 0 aliphatic carbocycles. The molecule has 0 radical (unpaired) electrons. The highest BCUT2D eigenvalue weighted by molar-refractivity contribution is 5.91. The van der Waals surface area contributed by atoms with E-state index in [4.69, 9.17) is 0 Å². The fourth-order valence-corrected chi connectivity index (χ4v) is 1.82. The van der Waals surface area contributed by atoms with Gasteiger partial charge in [0.15, 0.2) is 5.78 Å². The molecule has 1 saturated heterocycles. The fraction of sp³-hybridized carbons (Fsp3) is 0.800. The van der Waals surface area contributed by atoms with Gasteiger partial charge in [0.2, 0.25) is 0 Å². The molecule has 1 rings (SSSR count). The molecule has 1 fully saturated rings. The Morgan fingerprint density at radius 2 is 2.00 bits per heavy atom. The number of allylic oxidation sites excluding steroid dienone is 2. The predicted molar refractivity (Wildman–Crippen MR) is 75.2 cm³/mol. The van der Waals surface area contributed by atoms with E-state index < -0.39 is 0 Å². The molecule has 0 aromatic heterocycles. The van der Waals surface area contributed by atoms with Crippen LogP contribution in [0.15, 0.2) is 12.2 Å². The van der Waals surface area contributed by atoms with Gasteiger partial charge in [-0.1, -0.05) is 40.2 Å². The molecule has 100 valence electrons. The third kappa shape index (κ3) is 8.14. The third-order valence-electron chi connectivity index (χ3n) is 2.67. The minimum Gasteiger partial charge on any atom is -0.306 e. The molecule has 0 bridgehead atoms. The van der Waals surface area contributed by atoms with Crippen molar-refractivity contribution < 1.29 is 4.79 Å². The van der Waals surface area contributed by atoms with E-state index in [1.807, 2.05) is 6.08 Å². The van der Waals surface area contributed by atoms with E-state index in [1.54, 1.807) is 6.08 Å². The number of hydrogen-bond donors (Lipinski definition) is 0. The van der Waals surface area contributed by atoms with Crippen molar-refractivity contribution in [1.82, 2.24) is 4.90 Å². The molecule has 0 N–H and O–H groups in total. The SMILES string of the molecule is CC(C)/C=C/C(=O)C1CCCN(C)C1.CCC. The first-order chi connectivity index (χ1) is 8.01. The maximum absolute atomic E-state index is 11.7. The van der Waals surface area contributed by atoms with Crippen molar-refractivity contribution >= 4 is 5.78 Å². The van der Waals surface area contributed by atoms with E-state index in [9.17, 15) is 4.79 Å². The lowest BCUT2D eigenvalue weighted by Gasteiger charge is -2.27. The molecular formula is C15H29NO. The lowest BCUT2D eigenvalue weighted by Crippen LogP contribution is -2.35. The largest absolute Gasteiger partial charge is 0.306 e. The van der Waals surface area contributed by atoms with Gasteiger partial charge in [-0.3, -0.25) is 4.79 Å². The maximum atomic E-state index is 11.7. The normalized spacial score (nSPS) is 21.4. The van der Waals surface area contributed by atoms with E-state index in [1.165, 1.54) is 6.42 Å². The summed E-state index contributed by atoms with van der Waals surface area (Å²) in [5.74, 6) is 1.02. The second-order valence-corrected chi connectivity index (χ2v) is 5.31. The zero-order valence-electron chi connectivity index (χ0n) is 12.2. The average Bonchev–Trinajstić information content (AvgIpc) is 2.27. The number of piperidine rings is 1. The Bertz CT molecular complexity index is 233. The summed E-state index contributed by atoms with van der Waals surface area (Å²) in [4.78, 5) is 14.0. The first-order valence-electron chi connectivity index (χ1n) is 6.91. The van der Waals surface area contributed by atoms with E-state index in [2.05, 4.69) is 39.6 Å². The summed E-state index contributed by atoms with van der Waals surface area (Å²) in [7, 11) is 2.09. The number of carbonyl (C=O) groups is 1. The van der Waals surface area contributed by atoms with Crippen molar-refractivity contribution in [3.63, 3.8) is 0 Å². The summed E-state index contributed by atoms with van der Waals surface area (Å²) < 4.78 is 0. The van der Waals surface area contributed by atoms with Gasteiger partial charge in [-0.15, -0.1) is 0 Å². The molecule has 2 heteroatoms. The van der Waals surface area contributed by atoms with Gasteiger partial charge in [-0.25, -0.2) is 0 Å². The van der Waals surface area contributed by atoms with E-state index in [0.29, 0.717) is 11.7 Å². The lowest BCUT2D eigenvalue weighted by atomic mass is 9.93. The molecule has 0 spiro atoms. The van der Waals surface area contributed by atoms with Gasteiger partial charge >= 0.3 is 0 Å². The van der Waals surface area contributed by atoms with Crippen molar-refractivity contribution in [3.05, 3.63) is 12.2 Å². The second kappa shape index (κ2) is 9.41. The smallest absolute Gasteiger partial charge is 0.159 e. The zero-order chi connectivity index (χ0) is 13.3. The minimum absolute atomic E-state index is 0.240. The topological polar surface area (TPSA) is 20.3 Å². The van der Waals surface area contributed by atoms with Crippen molar-refractivity contribution in [1.29, 1.82) is 0 Å². The molecule has 1 aliphatic rings. The van der Waals surface area contributed by atoms with Gasteiger partial charge in [0, 0.05) is 12.5 Å². The molecule has 17 heavy (non-hydrogen) atoms. The molecule has 1 atom stereocenters. The van der Waals surface area contributed by atoms with Crippen LogP contribution in [0.4, 0.5) is 0 Å². The highest BCUT2D eigenvalue weighted by Gasteiger charge is 2.21. The van der Waals surface area contributed by atoms with Gasteiger partial charge in [-0.05, 0) is 38.4 Å². The van der Waals surface area contributed by atoms with Gasteiger partial charge < -0.3 is 4.90 Å². The molecule has 0 aromatic carbocycles. The van der Waals surface area contributed by atoms with Crippen LogP contribution in [0, 0.1) is 11.8 Å². The molecule has 1 unspecified atom stereocenters. The van der Waals surface area contributed by atoms with Crippen molar-refractivity contribution in [2.45, 2.75) is 47.0 Å². The Balaban J connectivity index is 0.000000770. The van der Waals surface area contributed by atoms with Crippen LogP contribution in [0.25, 0.3) is 0 Å². The summed E-state index contributed by atoms with van der Waals surface area (Å²) in [6.45, 7) is 10.5. The monoisotopic (exact) mass is 239 g/mol. The summed E-state index contributed by atoms with van der Waals surface area (Å²) in [5, 5.41) is 0. The zero-order valence-corrected chi connectivity index (χ0v) is 12.2. The van der Waals surface area contributed by atoms with Crippen LogP contribution in [0.1, 0.15) is 47.0 Å². The number of carbonyl (C=O) groups excluding carboxylic acids is 1. The van der Waals surface area contributed by atoms with Gasteiger partial charge in [0.25, 0.3) is 0 Å². The Morgan fingerprint density at radius 3 is 2.47 bits per heavy atom. The first kappa shape index (κ1) is 16.4.